The molecule has 0 bridgehead atoms. The van der Waals surface area contributed by atoms with Gasteiger partial charge in [-0.2, -0.15) is 0 Å². The SMILES string of the molecule is C1CCC(C2CN(CC3CCOC3)CCN2)CC1. The monoisotopic (exact) mass is 252 g/mol. The Bertz CT molecular complexity index is 247. The minimum absolute atomic E-state index is 0.765. The first-order valence-electron chi connectivity index (χ1n) is 7.95. The van der Waals surface area contributed by atoms with Crippen LogP contribution >= 0.6 is 0 Å². The van der Waals surface area contributed by atoms with Crippen molar-refractivity contribution in [2.45, 2.75) is 44.6 Å². The molecule has 3 nitrogen and oxygen atoms in total. The van der Waals surface area contributed by atoms with Gasteiger partial charge in [0.15, 0.2) is 0 Å². The van der Waals surface area contributed by atoms with Crippen molar-refractivity contribution in [2.24, 2.45) is 11.8 Å². The van der Waals surface area contributed by atoms with Crippen molar-refractivity contribution in [3.63, 3.8) is 0 Å². The van der Waals surface area contributed by atoms with Gasteiger partial charge in [-0.05, 0) is 31.1 Å². The summed E-state index contributed by atoms with van der Waals surface area (Å²) in [5.41, 5.74) is 0. The Labute approximate surface area is 111 Å². The van der Waals surface area contributed by atoms with E-state index in [1.165, 1.54) is 64.7 Å². The molecule has 2 heterocycles. The lowest BCUT2D eigenvalue weighted by molar-refractivity contribution is 0.121. The van der Waals surface area contributed by atoms with Crippen LogP contribution in [0.5, 0.6) is 0 Å². The summed E-state index contributed by atoms with van der Waals surface area (Å²) < 4.78 is 5.50. The fourth-order valence-electron chi connectivity index (χ4n) is 3.95. The van der Waals surface area contributed by atoms with E-state index in [1.807, 2.05) is 0 Å². The van der Waals surface area contributed by atoms with Gasteiger partial charge in [-0.1, -0.05) is 19.3 Å². The Hall–Kier alpha value is -0.120. The van der Waals surface area contributed by atoms with Gasteiger partial charge >= 0.3 is 0 Å². The minimum Gasteiger partial charge on any atom is -0.381 e. The van der Waals surface area contributed by atoms with E-state index in [9.17, 15) is 0 Å². The number of piperazine rings is 1. The van der Waals surface area contributed by atoms with E-state index < -0.39 is 0 Å². The van der Waals surface area contributed by atoms with Gasteiger partial charge in [0, 0.05) is 38.8 Å². The average molecular weight is 252 g/mol. The first-order valence-corrected chi connectivity index (χ1v) is 7.95. The molecule has 2 aliphatic heterocycles. The predicted molar refractivity (Wildman–Crippen MR) is 73.7 cm³/mol. The van der Waals surface area contributed by atoms with Gasteiger partial charge in [0.2, 0.25) is 0 Å². The number of hydrogen-bond donors (Lipinski definition) is 1. The Morgan fingerprint density at radius 3 is 2.78 bits per heavy atom. The Morgan fingerprint density at radius 1 is 1.11 bits per heavy atom. The van der Waals surface area contributed by atoms with Gasteiger partial charge < -0.3 is 15.0 Å². The maximum absolute atomic E-state index is 5.50. The molecular weight excluding hydrogens is 224 g/mol. The second-order valence-electron chi connectivity index (χ2n) is 6.45. The Kier molecular flexibility index (Phi) is 4.55. The highest BCUT2D eigenvalue weighted by molar-refractivity contribution is 4.86. The molecule has 1 N–H and O–H groups in total. The van der Waals surface area contributed by atoms with Crippen LogP contribution in [0.4, 0.5) is 0 Å². The first kappa shape index (κ1) is 12.9. The average Bonchev–Trinajstić information content (AvgIpc) is 2.93. The lowest BCUT2D eigenvalue weighted by Crippen LogP contribution is -2.54. The topological polar surface area (TPSA) is 24.5 Å². The van der Waals surface area contributed by atoms with Crippen LogP contribution in [0.3, 0.4) is 0 Å². The first-order chi connectivity index (χ1) is 8.92. The summed E-state index contributed by atoms with van der Waals surface area (Å²) in [6.07, 6.45) is 8.57. The summed E-state index contributed by atoms with van der Waals surface area (Å²) >= 11 is 0. The molecule has 1 saturated carbocycles. The maximum Gasteiger partial charge on any atom is 0.0507 e. The molecule has 0 spiro atoms. The van der Waals surface area contributed by atoms with E-state index in [2.05, 4.69) is 10.2 Å². The molecule has 0 amide bonds. The van der Waals surface area contributed by atoms with Crippen LogP contribution in [-0.4, -0.2) is 50.3 Å². The van der Waals surface area contributed by atoms with Crippen LogP contribution in [-0.2, 0) is 4.74 Å². The Balaban J connectivity index is 1.47. The molecule has 2 unspecified atom stereocenters. The molecule has 0 aromatic rings. The predicted octanol–water partition coefficient (Wildman–Crippen LogP) is 1.88. The molecule has 3 rings (SSSR count). The van der Waals surface area contributed by atoms with Gasteiger partial charge in [0.1, 0.15) is 0 Å². The number of rotatable bonds is 3. The third-order valence-electron chi connectivity index (χ3n) is 5.05. The zero-order valence-electron chi connectivity index (χ0n) is 11.6. The molecule has 3 fully saturated rings. The smallest absolute Gasteiger partial charge is 0.0507 e. The molecule has 2 saturated heterocycles. The molecule has 0 radical (unpaired) electrons. The summed E-state index contributed by atoms with van der Waals surface area (Å²) in [5.74, 6) is 1.75. The van der Waals surface area contributed by atoms with Gasteiger partial charge in [-0.25, -0.2) is 0 Å². The molecule has 0 aromatic heterocycles. The summed E-state index contributed by atoms with van der Waals surface area (Å²) in [6, 6.07) is 0.765. The van der Waals surface area contributed by atoms with E-state index in [0.29, 0.717) is 0 Å². The third-order valence-corrected chi connectivity index (χ3v) is 5.05. The Morgan fingerprint density at radius 2 is 2.00 bits per heavy atom. The number of nitrogens with one attached hydrogen (secondary N) is 1. The van der Waals surface area contributed by atoms with E-state index >= 15 is 0 Å². The second kappa shape index (κ2) is 6.36. The highest BCUT2D eigenvalue weighted by Crippen LogP contribution is 2.28. The largest absolute Gasteiger partial charge is 0.381 e. The van der Waals surface area contributed by atoms with Crippen LogP contribution < -0.4 is 5.32 Å². The molecule has 3 heteroatoms. The molecule has 1 aliphatic carbocycles. The van der Waals surface area contributed by atoms with Gasteiger partial charge in [0.25, 0.3) is 0 Å². The molecule has 2 atom stereocenters. The zero-order chi connectivity index (χ0) is 12.2. The highest BCUT2D eigenvalue weighted by Gasteiger charge is 2.29. The standard InChI is InChI=1S/C15H28N2O/c1-2-4-14(5-3-1)15-11-17(8-7-16-15)10-13-6-9-18-12-13/h13-16H,1-12H2. The number of nitrogens with zero attached hydrogens (tertiary/aromatic N) is 1. The summed E-state index contributed by atoms with van der Waals surface area (Å²) in [5, 5.41) is 3.77. The van der Waals surface area contributed by atoms with Gasteiger partial charge in [0.05, 0.1) is 6.61 Å². The summed E-state index contributed by atoms with van der Waals surface area (Å²) in [7, 11) is 0. The minimum atomic E-state index is 0.765. The van der Waals surface area contributed by atoms with E-state index in [0.717, 1.165) is 31.1 Å². The number of hydrogen-bond acceptors (Lipinski definition) is 3. The van der Waals surface area contributed by atoms with E-state index in [-0.39, 0.29) is 0 Å². The molecule has 0 aromatic carbocycles. The van der Waals surface area contributed by atoms with Crippen molar-refractivity contribution in [1.29, 1.82) is 0 Å². The van der Waals surface area contributed by atoms with Gasteiger partial charge in [-0.15, -0.1) is 0 Å². The van der Waals surface area contributed by atoms with Crippen LogP contribution in [0.25, 0.3) is 0 Å². The third kappa shape index (κ3) is 3.25. The van der Waals surface area contributed by atoms with Crippen molar-refractivity contribution in [3.8, 4) is 0 Å². The lowest BCUT2D eigenvalue weighted by atomic mass is 9.83. The van der Waals surface area contributed by atoms with Crippen molar-refractivity contribution in [2.75, 3.05) is 39.4 Å². The van der Waals surface area contributed by atoms with Gasteiger partial charge in [-0.3, -0.25) is 0 Å². The van der Waals surface area contributed by atoms with Crippen LogP contribution in [0.2, 0.25) is 0 Å². The second-order valence-corrected chi connectivity index (χ2v) is 6.45. The lowest BCUT2D eigenvalue weighted by Gasteiger charge is -2.40. The van der Waals surface area contributed by atoms with Crippen molar-refractivity contribution >= 4 is 0 Å². The summed E-state index contributed by atoms with van der Waals surface area (Å²) in [4.78, 5) is 2.69. The quantitative estimate of drug-likeness (QED) is 0.830. The van der Waals surface area contributed by atoms with Crippen molar-refractivity contribution < 1.29 is 4.74 Å². The zero-order valence-corrected chi connectivity index (χ0v) is 11.6. The van der Waals surface area contributed by atoms with E-state index in [4.69, 9.17) is 4.74 Å². The van der Waals surface area contributed by atoms with Crippen LogP contribution in [0.15, 0.2) is 0 Å². The molecule has 18 heavy (non-hydrogen) atoms. The van der Waals surface area contributed by atoms with E-state index in [1.54, 1.807) is 0 Å². The molecule has 104 valence electrons. The molecular formula is C15H28N2O. The van der Waals surface area contributed by atoms with Crippen LogP contribution in [0, 0.1) is 11.8 Å². The summed E-state index contributed by atoms with van der Waals surface area (Å²) in [6.45, 7) is 6.96. The fourth-order valence-corrected chi connectivity index (χ4v) is 3.95. The fraction of sp³-hybridized carbons (Fsp3) is 1.00. The molecule has 3 aliphatic rings. The highest BCUT2D eigenvalue weighted by atomic mass is 16.5. The van der Waals surface area contributed by atoms with Crippen molar-refractivity contribution in [1.82, 2.24) is 10.2 Å². The van der Waals surface area contributed by atoms with Crippen molar-refractivity contribution in [3.05, 3.63) is 0 Å². The maximum atomic E-state index is 5.50. The van der Waals surface area contributed by atoms with Crippen LogP contribution in [0.1, 0.15) is 38.5 Å². The normalized spacial score (nSPS) is 36.0. The number of ether oxygens (including phenoxy) is 1.